The Hall–Kier alpha value is -0.475. The van der Waals surface area contributed by atoms with Gasteiger partial charge < -0.3 is 12.9 Å². The number of Topliss-reactive ketones (excluding diaryl/α,β-unsaturated/α-hetero) is 1. The average molecular weight is 151 g/mol. The number of halogens is 3. The van der Waals surface area contributed by atoms with Crippen molar-refractivity contribution < 1.29 is 17.7 Å². The molecule has 0 aromatic carbocycles. The van der Waals surface area contributed by atoms with E-state index in [1.807, 2.05) is 0 Å². The molecule has 0 N–H and O–H groups in total. The molecule has 1 saturated carbocycles. The van der Waals surface area contributed by atoms with E-state index in [2.05, 4.69) is 0 Å². The predicted molar refractivity (Wildman–Crippen MR) is 31.7 cm³/mol. The highest BCUT2D eigenvalue weighted by atomic mass is 19.4. The van der Waals surface area contributed by atoms with Crippen molar-refractivity contribution in [2.75, 3.05) is 0 Å². The molecule has 58 valence electrons. The Kier molecular flexibility index (Phi) is 1.75. The van der Waals surface area contributed by atoms with E-state index in [9.17, 15) is 17.7 Å². The monoisotopic (exact) mass is 151 g/mol. The van der Waals surface area contributed by atoms with Gasteiger partial charge in [-0.15, -0.1) is 0 Å². The minimum Gasteiger partial charge on any atom is -0.449 e. The van der Waals surface area contributed by atoms with Crippen LogP contribution in [0, 0.1) is 0 Å². The summed E-state index contributed by atoms with van der Waals surface area (Å²) in [7, 11) is 0. The van der Waals surface area contributed by atoms with Crippen LogP contribution < -0.4 is 0 Å². The van der Waals surface area contributed by atoms with Crippen LogP contribution in [0.1, 0.15) is 19.3 Å². The summed E-state index contributed by atoms with van der Waals surface area (Å²) in [6, 6.07) is 0. The lowest BCUT2D eigenvalue weighted by molar-refractivity contribution is -0.117. The van der Waals surface area contributed by atoms with Crippen LogP contribution >= 0.6 is 0 Å². The summed E-state index contributed by atoms with van der Waals surface area (Å²) in [5, 5.41) is 0. The fourth-order valence-electron chi connectivity index (χ4n) is 1.17. The van der Waals surface area contributed by atoms with E-state index >= 15 is 0 Å². The van der Waals surface area contributed by atoms with Crippen LogP contribution in [0.5, 0.6) is 0 Å². The molecule has 5 heteroatoms. The molecule has 0 amide bonds. The van der Waals surface area contributed by atoms with E-state index in [0.29, 0.717) is 0 Å². The van der Waals surface area contributed by atoms with Gasteiger partial charge in [-0.25, -0.2) is 0 Å². The molecule has 0 aromatic rings. The predicted octanol–water partition coefficient (Wildman–Crippen LogP) is 1.96. The molecular formula is C5H7BF3O-. The van der Waals surface area contributed by atoms with Crippen molar-refractivity contribution in [2.45, 2.75) is 25.1 Å². The van der Waals surface area contributed by atoms with E-state index in [0.717, 1.165) is 0 Å². The fraction of sp³-hybridized carbons (Fsp3) is 0.800. The highest BCUT2D eigenvalue weighted by molar-refractivity contribution is 6.60. The van der Waals surface area contributed by atoms with Crippen LogP contribution in [0.3, 0.4) is 0 Å². The first-order chi connectivity index (χ1) is 4.50. The SMILES string of the molecule is O=C1CCC([B-](F)(F)F)C1. The number of carbonyl (C=O) groups is 1. The first-order valence-electron chi connectivity index (χ1n) is 3.22. The van der Waals surface area contributed by atoms with Gasteiger partial charge >= 0.3 is 6.98 Å². The normalized spacial score (nSPS) is 27.5. The maximum absolute atomic E-state index is 11.8. The molecule has 0 aromatic heterocycles. The van der Waals surface area contributed by atoms with Crippen LogP contribution in [-0.2, 0) is 4.79 Å². The third-order valence-corrected chi connectivity index (χ3v) is 1.82. The molecule has 10 heavy (non-hydrogen) atoms. The van der Waals surface area contributed by atoms with Gasteiger partial charge in [-0.3, -0.25) is 4.79 Å². The van der Waals surface area contributed by atoms with Crippen molar-refractivity contribution in [1.29, 1.82) is 0 Å². The Morgan fingerprint density at radius 1 is 1.40 bits per heavy atom. The van der Waals surface area contributed by atoms with Gasteiger partial charge in [-0.1, -0.05) is 12.2 Å². The lowest BCUT2D eigenvalue weighted by Crippen LogP contribution is -2.21. The Labute approximate surface area is 56.7 Å². The van der Waals surface area contributed by atoms with Gasteiger partial charge in [-0.2, -0.15) is 0 Å². The van der Waals surface area contributed by atoms with Crippen LogP contribution in [0.2, 0.25) is 5.82 Å². The van der Waals surface area contributed by atoms with E-state index in [1.165, 1.54) is 0 Å². The second-order valence-electron chi connectivity index (χ2n) is 2.67. The van der Waals surface area contributed by atoms with Gasteiger partial charge in [0.2, 0.25) is 0 Å². The van der Waals surface area contributed by atoms with Gasteiger partial charge in [0.1, 0.15) is 5.78 Å². The minimum absolute atomic E-state index is 0.0162. The molecule has 1 nitrogen and oxygen atoms in total. The van der Waals surface area contributed by atoms with Crippen LogP contribution in [0.25, 0.3) is 0 Å². The molecule has 0 saturated heterocycles. The van der Waals surface area contributed by atoms with E-state index in [4.69, 9.17) is 0 Å². The molecule has 0 aliphatic heterocycles. The summed E-state index contributed by atoms with van der Waals surface area (Å²) in [5.41, 5.74) is 0. The lowest BCUT2D eigenvalue weighted by Gasteiger charge is -2.19. The Balaban J connectivity index is 2.53. The van der Waals surface area contributed by atoms with Crippen molar-refractivity contribution >= 4 is 12.8 Å². The number of ketones is 1. The summed E-state index contributed by atoms with van der Waals surface area (Å²) >= 11 is 0. The molecule has 1 aliphatic rings. The molecule has 1 atom stereocenters. The number of rotatable bonds is 1. The third-order valence-electron chi connectivity index (χ3n) is 1.82. The minimum atomic E-state index is -4.76. The molecule has 1 aliphatic carbocycles. The first-order valence-corrected chi connectivity index (χ1v) is 3.22. The van der Waals surface area contributed by atoms with Crippen molar-refractivity contribution in [3.05, 3.63) is 0 Å². The van der Waals surface area contributed by atoms with E-state index in [-0.39, 0.29) is 25.0 Å². The number of hydrogen-bond acceptors (Lipinski definition) is 1. The molecule has 1 unspecified atom stereocenters. The summed E-state index contributed by atoms with van der Waals surface area (Å²) in [6.07, 6.45) is -0.141. The Morgan fingerprint density at radius 2 is 2.00 bits per heavy atom. The second kappa shape index (κ2) is 2.29. The lowest BCUT2D eigenvalue weighted by atomic mass is 9.72. The van der Waals surface area contributed by atoms with E-state index < -0.39 is 12.8 Å². The van der Waals surface area contributed by atoms with Crippen LogP contribution in [0.15, 0.2) is 0 Å². The van der Waals surface area contributed by atoms with Crippen LogP contribution in [-0.4, -0.2) is 12.8 Å². The molecule has 1 fully saturated rings. The fourth-order valence-corrected chi connectivity index (χ4v) is 1.17. The van der Waals surface area contributed by atoms with Gasteiger partial charge in [0.15, 0.2) is 0 Å². The molecule has 1 rings (SSSR count). The van der Waals surface area contributed by atoms with Crippen molar-refractivity contribution in [3.8, 4) is 0 Å². The van der Waals surface area contributed by atoms with Crippen molar-refractivity contribution in [3.63, 3.8) is 0 Å². The molecule has 0 bridgehead atoms. The van der Waals surface area contributed by atoms with Gasteiger partial charge in [0.25, 0.3) is 0 Å². The maximum Gasteiger partial charge on any atom is 0.481 e. The Bertz CT molecular complexity index is 153. The number of hydrogen-bond donors (Lipinski definition) is 0. The standard InChI is InChI=1S/C5H7BF3O/c7-6(8,9)4-1-2-5(10)3-4/h4H,1-3H2/q-1. The summed E-state index contributed by atoms with van der Waals surface area (Å²) in [6.45, 7) is -4.76. The van der Waals surface area contributed by atoms with Crippen molar-refractivity contribution in [2.24, 2.45) is 0 Å². The zero-order chi connectivity index (χ0) is 7.78. The third kappa shape index (κ3) is 1.52. The first kappa shape index (κ1) is 7.63. The van der Waals surface area contributed by atoms with Crippen molar-refractivity contribution in [1.82, 2.24) is 0 Å². The topological polar surface area (TPSA) is 17.1 Å². The molecular weight excluding hydrogens is 144 g/mol. The highest BCUT2D eigenvalue weighted by Gasteiger charge is 2.39. The quantitative estimate of drug-likeness (QED) is 0.523. The summed E-state index contributed by atoms with van der Waals surface area (Å²) < 4.78 is 35.5. The summed E-state index contributed by atoms with van der Waals surface area (Å²) in [4.78, 5) is 10.4. The zero-order valence-electron chi connectivity index (χ0n) is 5.32. The zero-order valence-corrected chi connectivity index (χ0v) is 5.32. The summed E-state index contributed by atoms with van der Waals surface area (Å²) in [5.74, 6) is -1.54. The Morgan fingerprint density at radius 3 is 2.20 bits per heavy atom. The van der Waals surface area contributed by atoms with Gasteiger partial charge in [0.05, 0.1) is 0 Å². The van der Waals surface area contributed by atoms with Crippen LogP contribution in [0.4, 0.5) is 12.9 Å². The molecule has 0 spiro atoms. The maximum atomic E-state index is 11.8. The van der Waals surface area contributed by atoms with Gasteiger partial charge in [-0.05, 0) is 6.42 Å². The highest BCUT2D eigenvalue weighted by Crippen LogP contribution is 2.38. The average Bonchev–Trinajstić information content (AvgIpc) is 2.11. The molecule has 0 radical (unpaired) electrons. The van der Waals surface area contributed by atoms with Gasteiger partial charge in [0, 0.05) is 6.42 Å². The largest absolute Gasteiger partial charge is 0.481 e. The number of carbonyl (C=O) groups excluding carboxylic acids is 1. The second-order valence-corrected chi connectivity index (χ2v) is 2.67. The molecule has 0 heterocycles. The van der Waals surface area contributed by atoms with E-state index in [1.54, 1.807) is 0 Å². The smallest absolute Gasteiger partial charge is 0.449 e.